The summed E-state index contributed by atoms with van der Waals surface area (Å²) < 4.78 is 12.7. The fraction of sp³-hybridized carbons (Fsp3) is 0.400. The Morgan fingerprint density at radius 2 is 2.00 bits per heavy atom. The van der Waals surface area contributed by atoms with Crippen LogP contribution in [0, 0.1) is 11.7 Å². The van der Waals surface area contributed by atoms with E-state index in [1.165, 1.54) is 12.1 Å². The van der Waals surface area contributed by atoms with E-state index in [1.807, 2.05) is 0 Å². The molecule has 2 atom stereocenters. The van der Waals surface area contributed by atoms with E-state index < -0.39 is 0 Å². The predicted molar refractivity (Wildman–Crippen MR) is 60.1 cm³/mol. The van der Waals surface area contributed by atoms with Gasteiger partial charge in [-0.05, 0) is 24.2 Å². The zero-order valence-corrected chi connectivity index (χ0v) is 9.06. The fourth-order valence-electron chi connectivity index (χ4n) is 1.78. The van der Waals surface area contributed by atoms with Crippen molar-refractivity contribution in [2.75, 3.05) is 13.1 Å². The van der Waals surface area contributed by atoms with E-state index in [0.717, 1.165) is 12.1 Å². The zero-order chi connectivity index (χ0) is 9.97. The molecule has 3 nitrogen and oxygen atoms in total. The van der Waals surface area contributed by atoms with Crippen molar-refractivity contribution >= 4 is 12.4 Å². The lowest BCUT2D eigenvalue weighted by atomic mass is 9.95. The summed E-state index contributed by atoms with van der Waals surface area (Å²) in [6.07, 6.45) is 0. The lowest BCUT2D eigenvalue weighted by Gasteiger charge is -2.16. The van der Waals surface area contributed by atoms with Crippen molar-refractivity contribution < 1.29 is 4.39 Å². The maximum Gasteiger partial charge on any atom is 0.123 e. The first kappa shape index (κ1) is 12.4. The van der Waals surface area contributed by atoms with Crippen LogP contribution < -0.4 is 16.6 Å². The van der Waals surface area contributed by atoms with Gasteiger partial charge in [0.15, 0.2) is 0 Å². The molecule has 15 heavy (non-hydrogen) atoms. The molecule has 2 unspecified atom stereocenters. The quantitative estimate of drug-likeness (QED) is 0.711. The molecule has 0 bridgehead atoms. The van der Waals surface area contributed by atoms with E-state index in [4.69, 9.17) is 5.73 Å². The fourth-order valence-corrected chi connectivity index (χ4v) is 1.78. The van der Waals surface area contributed by atoms with Crippen molar-refractivity contribution in [1.82, 2.24) is 10.9 Å². The minimum atomic E-state index is -0.205. The van der Waals surface area contributed by atoms with Crippen LogP contribution in [-0.2, 0) is 0 Å². The summed E-state index contributed by atoms with van der Waals surface area (Å²) in [5.41, 5.74) is 12.9. The molecule has 4 N–H and O–H groups in total. The molecule has 5 heteroatoms. The maximum atomic E-state index is 12.7. The molecule has 0 spiro atoms. The Morgan fingerprint density at radius 3 is 2.60 bits per heavy atom. The number of benzene rings is 1. The first-order valence-corrected chi connectivity index (χ1v) is 4.75. The third kappa shape index (κ3) is 2.66. The van der Waals surface area contributed by atoms with Crippen molar-refractivity contribution in [3.63, 3.8) is 0 Å². The molecule has 0 aliphatic carbocycles. The molecule has 1 aromatic rings. The van der Waals surface area contributed by atoms with Crippen LogP contribution in [-0.4, -0.2) is 13.1 Å². The van der Waals surface area contributed by atoms with Crippen molar-refractivity contribution in [1.29, 1.82) is 0 Å². The summed E-state index contributed by atoms with van der Waals surface area (Å²) >= 11 is 0. The summed E-state index contributed by atoms with van der Waals surface area (Å²) in [5.74, 6) is 0.171. The van der Waals surface area contributed by atoms with Crippen LogP contribution in [0.15, 0.2) is 24.3 Å². The summed E-state index contributed by atoms with van der Waals surface area (Å²) in [5, 5.41) is 0. The average molecular weight is 232 g/mol. The van der Waals surface area contributed by atoms with E-state index in [1.54, 1.807) is 12.1 Å². The number of hydrogen-bond donors (Lipinski definition) is 3. The Balaban J connectivity index is 0.00000112. The third-order valence-corrected chi connectivity index (χ3v) is 2.63. The number of rotatable bonds is 2. The highest BCUT2D eigenvalue weighted by Gasteiger charge is 2.26. The SMILES string of the molecule is Cl.NCC1CNNC1c1ccc(F)cc1. The van der Waals surface area contributed by atoms with Gasteiger partial charge < -0.3 is 5.73 Å². The molecule has 0 radical (unpaired) electrons. The molecule has 0 saturated carbocycles. The number of hydrazine groups is 1. The predicted octanol–water partition coefficient (Wildman–Crippen LogP) is 0.971. The first-order chi connectivity index (χ1) is 6.81. The lowest BCUT2D eigenvalue weighted by molar-refractivity contribution is 0.482. The van der Waals surface area contributed by atoms with Crippen LogP contribution in [0.3, 0.4) is 0 Å². The highest BCUT2D eigenvalue weighted by atomic mass is 35.5. The van der Waals surface area contributed by atoms with E-state index in [-0.39, 0.29) is 24.3 Å². The van der Waals surface area contributed by atoms with Crippen LogP contribution in [0.2, 0.25) is 0 Å². The first-order valence-electron chi connectivity index (χ1n) is 4.75. The van der Waals surface area contributed by atoms with E-state index in [9.17, 15) is 4.39 Å². The van der Waals surface area contributed by atoms with Gasteiger partial charge in [-0.25, -0.2) is 9.82 Å². The molecule has 1 aliphatic heterocycles. The second kappa shape index (κ2) is 5.42. The molecule has 1 fully saturated rings. The molecule has 1 aliphatic rings. The Labute approximate surface area is 94.6 Å². The van der Waals surface area contributed by atoms with Gasteiger partial charge in [-0.3, -0.25) is 5.43 Å². The van der Waals surface area contributed by atoms with Crippen molar-refractivity contribution in [3.05, 3.63) is 35.6 Å². The van der Waals surface area contributed by atoms with Gasteiger partial charge in [0, 0.05) is 12.5 Å². The second-order valence-corrected chi connectivity index (χ2v) is 3.55. The summed E-state index contributed by atoms with van der Waals surface area (Å²) in [6.45, 7) is 1.49. The Bertz CT molecular complexity index is 304. The van der Waals surface area contributed by atoms with Crippen molar-refractivity contribution in [2.45, 2.75) is 6.04 Å². The monoisotopic (exact) mass is 231 g/mol. The number of nitrogens with one attached hydrogen (secondary N) is 2. The maximum absolute atomic E-state index is 12.7. The largest absolute Gasteiger partial charge is 0.330 e. The van der Waals surface area contributed by atoms with Gasteiger partial charge >= 0.3 is 0 Å². The van der Waals surface area contributed by atoms with Crippen LogP contribution in [0.1, 0.15) is 11.6 Å². The minimum absolute atomic E-state index is 0. The topological polar surface area (TPSA) is 50.1 Å². The Morgan fingerprint density at radius 1 is 1.33 bits per heavy atom. The zero-order valence-electron chi connectivity index (χ0n) is 8.24. The van der Waals surface area contributed by atoms with Gasteiger partial charge in [-0.1, -0.05) is 12.1 Å². The smallest absolute Gasteiger partial charge is 0.123 e. The molecule has 1 aromatic carbocycles. The third-order valence-electron chi connectivity index (χ3n) is 2.63. The van der Waals surface area contributed by atoms with Gasteiger partial charge in [0.05, 0.1) is 6.04 Å². The van der Waals surface area contributed by atoms with Gasteiger partial charge in [0.2, 0.25) is 0 Å². The van der Waals surface area contributed by atoms with Gasteiger partial charge in [-0.2, -0.15) is 0 Å². The molecule has 84 valence electrons. The van der Waals surface area contributed by atoms with Gasteiger partial charge in [0.1, 0.15) is 5.82 Å². The highest BCUT2D eigenvalue weighted by molar-refractivity contribution is 5.85. The average Bonchev–Trinajstić information content (AvgIpc) is 2.67. The van der Waals surface area contributed by atoms with Gasteiger partial charge in [-0.15, -0.1) is 12.4 Å². The highest BCUT2D eigenvalue weighted by Crippen LogP contribution is 2.23. The minimum Gasteiger partial charge on any atom is -0.330 e. The van der Waals surface area contributed by atoms with Crippen LogP contribution in [0.25, 0.3) is 0 Å². The van der Waals surface area contributed by atoms with E-state index in [2.05, 4.69) is 10.9 Å². The van der Waals surface area contributed by atoms with E-state index in [0.29, 0.717) is 12.5 Å². The normalized spacial score (nSPS) is 24.9. The van der Waals surface area contributed by atoms with Gasteiger partial charge in [0.25, 0.3) is 0 Å². The van der Waals surface area contributed by atoms with Crippen LogP contribution in [0.5, 0.6) is 0 Å². The Kier molecular flexibility index (Phi) is 4.47. The molecule has 0 amide bonds. The van der Waals surface area contributed by atoms with Crippen LogP contribution in [0.4, 0.5) is 4.39 Å². The summed E-state index contributed by atoms with van der Waals surface area (Å²) in [6, 6.07) is 6.73. The molecule has 1 heterocycles. The second-order valence-electron chi connectivity index (χ2n) is 3.55. The molecular weight excluding hydrogens is 217 g/mol. The number of hydrogen-bond acceptors (Lipinski definition) is 3. The molecule has 2 rings (SSSR count). The standard InChI is InChI=1S/C10H14FN3.ClH/c11-9-3-1-7(2-4-9)10-8(5-12)6-13-14-10;/h1-4,8,10,13-14H,5-6,12H2;1H. The van der Waals surface area contributed by atoms with Crippen molar-refractivity contribution in [2.24, 2.45) is 11.7 Å². The lowest BCUT2D eigenvalue weighted by Crippen LogP contribution is -2.26. The molecule has 1 saturated heterocycles. The van der Waals surface area contributed by atoms with E-state index >= 15 is 0 Å². The van der Waals surface area contributed by atoms with Crippen molar-refractivity contribution in [3.8, 4) is 0 Å². The summed E-state index contributed by atoms with van der Waals surface area (Å²) in [4.78, 5) is 0. The van der Waals surface area contributed by atoms with Crippen LogP contribution >= 0.6 is 12.4 Å². The summed E-state index contributed by atoms with van der Waals surface area (Å²) in [7, 11) is 0. The molecule has 0 aromatic heterocycles. The Hall–Kier alpha value is -0.680. The number of nitrogens with two attached hydrogens (primary N) is 1. The molecular formula is C10H15ClFN3. The number of halogens is 2.